The molecule has 5 atom stereocenters. The van der Waals surface area contributed by atoms with Crippen LogP contribution in [-0.4, -0.2) is 65.1 Å². The smallest absolute Gasteiger partial charge is 0.246 e. The number of rotatable bonds is 26. The second-order valence-electron chi connectivity index (χ2n) is 12.3. The number of amides is 1. The Labute approximate surface area is 251 Å². The molecular weight excluding hydrogens is 518 g/mol. The molecule has 0 saturated carbocycles. The molecule has 0 bridgehead atoms. The molecule has 4 N–H and O–H groups in total. The Bertz CT molecular complexity index is 657. The molecule has 242 valence electrons. The van der Waals surface area contributed by atoms with Gasteiger partial charge in [0.25, 0.3) is 0 Å². The third-order valence-corrected chi connectivity index (χ3v) is 8.33. The lowest BCUT2D eigenvalue weighted by molar-refractivity contribution is -0.273. The maximum absolute atomic E-state index is 11.7. The topological polar surface area (TPSA) is 108 Å². The zero-order valence-electron chi connectivity index (χ0n) is 26.8. The van der Waals surface area contributed by atoms with Crippen molar-refractivity contribution in [1.29, 1.82) is 0 Å². The van der Waals surface area contributed by atoms with Crippen LogP contribution < -0.4 is 5.32 Å². The Balaban J connectivity index is 1.78. The van der Waals surface area contributed by atoms with Crippen LogP contribution in [0.2, 0.25) is 0 Å². The molecule has 1 amide bonds. The molecule has 41 heavy (non-hydrogen) atoms. The van der Waals surface area contributed by atoms with E-state index >= 15 is 0 Å². The fourth-order valence-electron chi connectivity index (χ4n) is 5.49. The lowest BCUT2D eigenvalue weighted by atomic mass is 10.0. The summed E-state index contributed by atoms with van der Waals surface area (Å²) in [7, 11) is 0. The van der Waals surface area contributed by atoms with Crippen LogP contribution in [-0.2, 0) is 14.3 Å². The summed E-state index contributed by atoms with van der Waals surface area (Å²) in [5, 5.41) is 31.3. The van der Waals surface area contributed by atoms with Crippen LogP contribution in [0.15, 0.2) is 11.6 Å². The maximum Gasteiger partial charge on any atom is 0.246 e. The van der Waals surface area contributed by atoms with Gasteiger partial charge in [-0.1, -0.05) is 115 Å². The average molecular weight is 584 g/mol. The summed E-state index contributed by atoms with van der Waals surface area (Å²) in [5.74, 6) is -0.0674. The number of unbranched alkanes of at least 4 members (excludes halogenated alkanes) is 18. The van der Waals surface area contributed by atoms with E-state index in [9.17, 15) is 15.0 Å². The standard InChI is InChI=1S/C34H65NO6/c1-28(33(39)35-25-26-36)23-21-19-17-15-13-11-9-7-5-4-6-8-10-12-14-16-18-20-22-24-29(2)40-34-32(38)27-31(37)30(3)41-34/h23,29-32,34,36-38H,4-22,24-27H2,1-3H3,(H,35,39). The second-order valence-corrected chi connectivity index (χ2v) is 12.3. The Morgan fingerprint density at radius 3 is 1.78 bits per heavy atom. The summed E-state index contributed by atoms with van der Waals surface area (Å²) >= 11 is 0. The van der Waals surface area contributed by atoms with Crippen molar-refractivity contribution in [3.8, 4) is 0 Å². The first-order chi connectivity index (χ1) is 19.8. The Kier molecular flexibility index (Phi) is 23.7. The molecule has 0 spiro atoms. The highest BCUT2D eigenvalue weighted by atomic mass is 16.7. The van der Waals surface area contributed by atoms with Crippen LogP contribution in [0.3, 0.4) is 0 Å². The molecule has 1 aliphatic rings. The SMILES string of the molecule is CC(=CCCCCCCCCCCCCCCCCCCCCC(C)OC1OC(C)C(O)CC1O)C(=O)NCCO. The monoisotopic (exact) mass is 583 g/mol. The van der Waals surface area contributed by atoms with Gasteiger partial charge in [0.1, 0.15) is 6.10 Å². The minimum Gasteiger partial charge on any atom is -0.395 e. The Morgan fingerprint density at radius 2 is 1.29 bits per heavy atom. The number of hydrogen-bond donors (Lipinski definition) is 4. The molecule has 7 heteroatoms. The van der Waals surface area contributed by atoms with Crippen LogP contribution in [0.25, 0.3) is 0 Å². The number of carbonyl (C=O) groups is 1. The van der Waals surface area contributed by atoms with Crippen LogP contribution in [0.5, 0.6) is 0 Å². The van der Waals surface area contributed by atoms with Gasteiger partial charge in [-0.15, -0.1) is 0 Å². The number of ether oxygens (including phenoxy) is 2. The van der Waals surface area contributed by atoms with E-state index in [1.807, 2.05) is 26.8 Å². The highest BCUT2D eigenvalue weighted by Crippen LogP contribution is 2.23. The molecule has 1 heterocycles. The van der Waals surface area contributed by atoms with Crippen molar-refractivity contribution in [3.63, 3.8) is 0 Å². The van der Waals surface area contributed by atoms with E-state index in [0.717, 1.165) is 31.3 Å². The zero-order valence-corrected chi connectivity index (χ0v) is 26.8. The molecule has 7 nitrogen and oxygen atoms in total. The predicted molar refractivity (Wildman–Crippen MR) is 168 cm³/mol. The first kappa shape index (κ1) is 38.0. The molecule has 1 fully saturated rings. The summed E-state index contributed by atoms with van der Waals surface area (Å²) in [6, 6.07) is 0. The minimum atomic E-state index is -0.748. The molecule has 0 aliphatic carbocycles. The van der Waals surface area contributed by atoms with Crippen LogP contribution >= 0.6 is 0 Å². The summed E-state index contributed by atoms with van der Waals surface area (Å²) < 4.78 is 11.5. The molecule has 0 aromatic carbocycles. The summed E-state index contributed by atoms with van der Waals surface area (Å²) in [5.41, 5.74) is 0.755. The number of hydrogen-bond acceptors (Lipinski definition) is 6. The van der Waals surface area contributed by atoms with E-state index in [0.29, 0.717) is 13.0 Å². The number of aliphatic hydroxyl groups is 3. The van der Waals surface area contributed by atoms with E-state index in [2.05, 4.69) is 5.32 Å². The van der Waals surface area contributed by atoms with Crippen LogP contribution in [0.1, 0.15) is 156 Å². The van der Waals surface area contributed by atoms with Gasteiger partial charge < -0.3 is 30.1 Å². The fourth-order valence-corrected chi connectivity index (χ4v) is 5.49. The van der Waals surface area contributed by atoms with Crippen LogP contribution in [0.4, 0.5) is 0 Å². The normalized spacial score (nSPS) is 22.1. The largest absolute Gasteiger partial charge is 0.395 e. The molecule has 0 aromatic rings. The number of nitrogens with one attached hydrogen (secondary N) is 1. The summed E-state index contributed by atoms with van der Waals surface area (Å²) in [6.07, 6.45) is 25.8. The summed E-state index contributed by atoms with van der Waals surface area (Å²) in [4.78, 5) is 11.7. The minimum absolute atomic E-state index is 0.0147. The summed E-state index contributed by atoms with van der Waals surface area (Å²) in [6.45, 7) is 6.02. The van der Waals surface area contributed by atoms with Crippen molar-refractivity contribution >= 4 is 5.91 Å². The number of allylic oxidation sites excluding steroid dienone is 1. The first-order valence-electron chi connectivity index (χ1n) is 17.1. The highest BCUT2D eigenvalue weighted by molar-refractivity contribution is 5.92. The lowest BCUT2D eigenvalue weighted by Gasteiger charge is -2.36. The van der Waals surface area contributed by atoms with Crippen molar-refractivity contribution in [2.24, 2.45) is 0 Å². The second kappa shape index (κ2) is 25.5. The van der Waals surface area contributed by atoms with Crippen LogP contribution in [0, 0.1) is 0 Å². The van der Waals surface area contributed by atoms with Crippen molar-refractivity contribution in [1.82, 2.24) is 5.32 Å². The van der Waals surface area contributed by atoms with Gasteiger partial charge in [-0.2, -0.15) is 0 Å². The molecule has 1 rings (SSSR count). The molecule has 1 saturated heterocycles. The third-order valence-electron chi connectivity index (χ3n) is 8.33. The van der Waals surface area contributed by atoms with E-state index in [1.165, 1.54) is 103 Å². The van der Waals surface area contributed by atoms with E-state index in [-0.39, 0.29) is 24.7 Å². The molecule has 1 aliphatic heterocycles. The van der Waals surface area contributed by atoms with E-state index in [4.69, 9.17) is 14.6 Å². The van der Waals surface area contributed by atoms with Crippen molar-refractivity contribution in [2.75, 3.05) is 13.2 Å². The zero-order chi connectivity index (χ0) is 30.1. The average Bonchev–Trinajstić information content (AvgIpc) is 2.95. The van der Waals surface area contributed by atoms with E-state index in [1.54, 1.807) is 0 Å². The van der Waals surface area contributed by atoms with Gasteiger partial charge in [-0.3, -0.25) is 4.79 Å². The highest BCUT2D eigenvalue weighted by Gasteiger charge is 2.35. The van der Waals surface area contributed by atoms with Gasteiger partial charge in [0, 0.05) is 18.5 Å². The number of carbonyl (C=O) groups excluding carboxylic acids is 1. The van der Waals surface area contributed by atoms with Crippen molar-refractivity contribution in [2.45, 2.75) is 186 Å². The van der Waals surface area contributed by atoms with Gasteiger partial charge >= 0.3 is 0 Å². The molecule has 5 unspecified atom stereocenters. The Hall–Kier alpha value is -0.990. The predicted octanol–water partition coefficient (Wildman–Crippen LogP) is 7.11. The fraction of sp³-hybridized carbons (Fsp3) is 0.912. The molecule has 0 aromatic heterocycles. The quantitative estimate of drug-likeness (QED) is 0.0639. The molecule has 0 radical (unpaired) electrons. The van der Waals surface area contributed by atoms with Gasteiger partial charge in [-0.25, -0.2) is 0 Å². The van der Waals surface area contributed by atoms with Gasteiger partial charge in [0.05, 0.1) is 24.9 Å². The first-order valence-corrected chi connectivity index (χ1v) is 17.1. The van der Waals surface area contributed by atoms with E-state index < -0.39 is 18.5 Å². The molecular formula is C34H65NO6. The number of aliphatic hydroxyl groups excluding tert-OH is 3. The van der Waals surface area contributed by atoms with Crippen molar-refractivity contribution in [3.05, 3.63) is 11.6 Å². The third kappa shape index (κ3) is 20.5. The lowest BCUT2D eigenvalue weighted by Crippen LogP contribution is -2.48. The van der Waals surface area contributed by atoms with Gasteiger partial charge in [0.2, 0.25) is 5.91 Å². The van der Waals surface area contributed by atoms with Gasteiger partial charge in [0.15, 0.2) is 6.29 Å². The van der Waals surface area contributed by atoms with Gasteiger partial charge in [-0.05, 0) is 40.0 Å². The van der Waals surface area contributed by atoms with Crippen molar-refractivity contribution < 1.29 is 29.6 Å². The maximum atomic E-state index is 11.7. The Morgan fingerprint density at radius 1 is 0.829 bits per heavy atom.